The molecule has 2 N–H and O–H groups in total. The monoisotopic (exact) mass is 547 g/mol. The minimum absolute atomic E-state index is 0.00341. The third-order valence-corrected chi connectivity index (χ3v) is 6.32. The predicted molar refractivity (Wildman–Crippen MR) is 122 cm³/mol. The number of pyridine rings is 1. The van der Waals surface area contributed by atoms with Crippen molar-refractivity contribution in [2.45, 2.75) is 31.7 Å². The van der Waals surface area contributed by atoms with E-state index in [1.54, 1.807) is 6.92 Å². The zero-order chi connectivity index (χ0) is 27.6. The molecule has 1 aromatic carbocycles. The van der Waals surface area contributed by atoms with Crippen LogP contribution in [0.15, 0.2) is 48.2 Å². The molecule has 0 fully saturated rings. The number of nitrogens with zero attached hydrogens (tertiary/aromatic N) is 1. The van der Waals surface area contributed by atoms with Crippen molar-refractivity contribution in [3.8, 4) is 5.75 Å². The molecule has 1 aliphatic heterocycles. The lowest BCUT2D eigenvalue weighted by molar-refractivity contribution is -0.137. The van der Waals surface area contributed by atoms with Gasteiger partial charge in [0.05, 0.1) is 23.0 Å². The van der Waals surface area contributed by atoms with Crippen molar-refractivity contribution in [2.75, 3.05) is 18.6 Å². The van der Waals surface area contributed by atoms with E-state index in [1.165, 1.54) is 24.3 Å². The third kappa shape index (κ3) is 7.24. The molecule has 0 spiro atoms. The van der Waals surface area contributed by atoms with Crippen LogP contribution in [-0.2, 0) is 31.1 Å². The first kappa shape index (κ1) is 28.0. The van der Waals surface area contributed by atoms with E-state index in [0.29, 0.717) is 5.56 Å². The molecule has 2 aromatic rings. The largest absolute Gasteiger partial charge is 0.433 e. The number of hydrogen-bond donors (Lipinski definition) is 2. The minimum Gasteiger partial charge on any atom is -0.433 e. The van der Waals surface area contributed by atoms with E-state index in [4.69, 9.17) is 0 Å². The lowest BCUT2D eigenvalue weighted by Crippen LogP contribution is -2.49. The first-order valence-corrected chi connectivity index (χ1v) is 12.7. The van der Waals surface area contributed by atoms with Gasteiger partial charge in [-0.25, -0.2) is 8.42 Å². The number of ether oxygens (including phenoxy) is 1. The van der Waals surface area contributed by atoms with E-state index in [9.17, 15) is 40.0 Å². The predicted octanol–water partition coefficient (Wildman–Crippen LogP) is 3.05. The maximum Gasteiger partial charge on any atom is 0.416 e. The number of amides is 2. The molecule has 14 heteroatoms. The number of nitrogens with one attached hydrogen (secondary N) is 2. The van der Waals surface area contributed by atoms with Gasteiger partial charge in [0, 0.05) is 24.8 Å². The minimum atomic E-state index is -4.55. The number of alkyl halides is 5. The molecule has 8 nitrogen and oxygen atoms in total. The fourth-order valence-corrected chi connectivity index (χ4v) is 4.39. The number of hydrogen-bond acceptors (Lipinski definition) is 6. The van der Waals surface area contributed by atoms with Crippen molar-refractivity contribution in [1.29, 1.82) is 0 Å². The van der Waals surface area contributed by atoms with Gasteiger partial charge < -0.3 is 15.4 Å². The van der Waals surface area contributed by atoms with Gasteiger partial charge in [0.1, 0.15) is 11.5 Å². The van der Waals surface area contributed by atoms with Crippen LogP contribution in [0.5, 0.6) is 5.75 Å². The molecule has 2 heterocycles. The van der Waals surface area contributed by atoms with E-state index in [0.717, 1.165) is 24.6 Å². The Hall–Kier alpha value is -3.55. The van der Waals surface area contributed by atoms with Crippen LogP contribution in [-0.4, -0.2) is 50.4 Å². The molecule has 2 amide bonds. The van der Waals surface area contributed by atoms with Crippen molar-refractivity contribution in [2.24, 2.45) is 0 Å². The SMILES string of the molecule is C[C@@]1(c2ccc(C(F)(F)F)cc2)CC(c2ccc(OC(F)F)cn2)=C(CNC(=O)CS(C)(=O)=O)C(=O)N1. The summed E-state index contributed by atoms with van der Waals surface area (Å²) in [4.78, 5) is 29.2. The Kier molecular flexibility index (Phi) is 7.91. The summed E-state index contributed by atoms with van der Waals surface area (Å²) in [5, 5.41) is 5.08. The second kappa shape index (κ2) is 10.4. The maximum atomic E-state index is 13.1. The molecule has 0 bridgehead atoms. The van der Waals surface area contributed by atoms with Gasteiger partial charge in [-0.1, -0.05) is 12.1 Å². The zero-order valence-corrected chi connectivity index (χ0v) is 20.3. The van der Waals surface area contributed by atoms with Crippen molar-refractivity contribution >= 4 is 27.2 Å². The summed E-state index contributed by atoms with van der Waals surface area (Å²) in [7, 11) is -3.64. The molecule has 1 aliphatic rings. The van der Waals surface area contributed by atoms with Crippen LogP contribution in [0, 0.1) is 0 Å². The summed E-state index contributed by atoms with van der Waals surface area (Å²) in [5.41, 5.74) is -1.26. The van der Waals surface area contributed by atoms with Gasteiger partial charge in [0.2, 0.25) is 11.8 Å². The zero-order valence-electron chi connectivity index (χ0n) is 19.5. The molecular weight excluding hydrogens is 525 g/mol. The highest BCUT2D eigenvalue weighted by Crippen LogP contribution is 2.39. The Bertz CT molecular complexity index is 1310. The average Bonchev–Trinajstić information content (AvgIpc) is 2.76. The molecule has 0 saturated heterocycles. The Morgan fingerprint density at radius 2 is 1.84 bits per heavy atom. The van der Waals surface area contributed by atoms with E-state index in [-0.39, 0.29) is 35.6 Å². The van der Waals surface area contributed by atoms with Gasteiger partial charge in [-0.3, -0.25) is 14.6 Å². The molecule has 200 valence electrons. The second-order valence-electron chi connectivity index (χ2n) is 8.60. The first-order valence-electron chi connectivity index (χ1n) is 10.7. The molecule has 0 aliphatic carbocycles. The standard InChI is InChI=1S/C23H22F5N3O5S/c1-22(13-3-5-14(6-4-13)23(26,27)28)9-16(18-8-7-15(10-29-18)36-21(24)25)17(20(33)31-22)11-30-19(32)12-37(2,34)35/h3-8,10,21H,9,11-12H2,1-2H3,(H,30,32)(H,31,33)/t22-/m0/s1. The van der Waals surface area contributed by atoms with Gasteiger partial charge in [0.25, 0.3) is 0 Å². The highest BCUT2D eigenvalue weighted by atomic mass is 32.2. The van der Waals surface area contributed by atoms with Crippen LogP contribution in [0.3, 0.4) is 0 Å². The van der Waals surface area contributed by atoms with Gasteiger partial charge in [-0.2, -0.15) is 22.0 Å². The van der Waals surface area contributed by atoms with E-state index in [2.05, 4.69) is 20.4 Å². The lowest BCUT2D eigenvalue weighted by Gasteiger charge is -2.37. The van der Waals surface area contributed by atoms with Crippen LogP contribution in [0.1, 0.15) is 30.2 Å². The van der Waals surface area contributed by atoms with Gasteiger partial charge in [-0.15, -0.1) is 0 Å². The molecule has 0 radical (unpaired) electrons. The van der Waals surface area contributed by atoms with Crippen LogP contribution in [0.2, 0.25) is 0 Å². The number of rotatable bonds is 8. The topological polar surface area (TPSA) is 114 Å². The van der Waals surface area contributed by atoms with Gasteiger partial charge in [0.15, 0.2) is 9.84 Å². The van der Waals surface area contributed by atoms with Crippen molar-refractivity contribution < 1.29 is 44.7 Å². The van der Waals surface area contributed by atoms with Crippen LogP contribution < -0.4 is 15.4 Å². The molecule has 37 heavy (non-hydrogen) atoms. The fourth-order valence-electron chi connectivity index (χ4n) is 3.81. The molecule has 0 saturated carbocycles. The highest BCUT2D eigenvalue weighted by molar-refractivity contribution is 7.91. The van der Waals surface area contributed by atoms with Crippen LogP contribution in [0.25, 0.3) is 5.57 Å². The van der Waals surface area contributed by atoms with E-state index < -0.39 is 51.3 Å². The summed E-state index contributed by atoms with van der Waals surface area (Å²) in [5.74, 6) is -2.59. The van der Waals surface area contributed by atoms with Crippen molar-refractivity contribution in [3.05, 3.63) is 65.0 Å². The Balaban J connectivity index is 1.99. The highest BCUT2D eigenvalue weighted by Gasteiger charge is 2.39. The summed E-state index contributed by atoms with van der Waals surface area (Å²) < 4.78 is 91.1. The fraction of sp³-hybridized carbons (Fsp3) is 0.348. The maximum absolute atomic E-state index is 13.1. The smallest absolute Gasteiger partial charge is 0.416 e. The quantitative estimate of drug-likeness (QED) is 0.491. The Morgan fingerprint density at radius 3 is 2.35 bits per heavy atom. The lowest BCUT2D eigenvalue weighted by atomic mass is 9.79. The Morgan fingerprint density at radius 1 is 1.19 bits per heavy atom. The van der Waals surface area contributed by atoms with E-state index >= 15 is 0 Å². The number of carbonyl (C=O) groups is 2. The molecule has 1 atom stereocenters. The second-order valence-corrected chi connectivity index (χ2v) is 10.7. The molecule has 3 rings (SSSR count). The number of carbonyl (C=O) groups excluding carboxylic acids is 2. The summed E-state index contributed by atoms with van der Waals surface area (Å²) >= 11 is 0. The van der Waals surface area contributed by atoms with Crippen molar-refractivity contribution in [1.82, 2.24) is 15.6 Å². The summed E-state index contributed by atoms with van der Waals surface area (Å²) in [6.07, 6.45) is -2.67. The van der Waals surface area contributed by atoms with Crippen LogP contribution >= 0.6 is 0 Å². The van der Waals surface area contributed by atoms with Gasteiger partial charge >= 0.3 is 12.8 Å². The number of sulfone groups is 1. The number of aromatic nitrogens is 1. The number of halogens is 5. The molecular formula is C23H22F5N3O5S. The average molecular weight is 548 g/mol. The number of benzene rings is 1. The molecule has 0 unspecified atom stereocenters. The van der Waals surface area contributed by atoms with Gasteiger partial charge in [-0.05, 0) is 42.3 Å². The van der Waals surface area contributed by atoms with Crippen molar-refractivity contribution in [3.63, 3.8) is 0 Å². The summed E-state index contributed by atoms with van der Waals surface area (Å²) in [6, 6.07) is 6.73. The molecule has 1 aromatic heterocycles. The summed E-state index contributed by atoms with van der Waals surface area (Å²) in [6.45, 7) is -1.88. The third-order valence-electron chi connectivity index (χ3n) is 5.53. The van der Waals surface area contributed by atoms with Crippen LogP contribution in [0.4, 0.5) is 22.0 Å². The first-order chi connectivity index (χ1) is 17.1. The normalized spacial score (nSPS) is 18.5. The van der Waals surface area contributed by atoms with E-state index in [1.807, 2.05) is 0 Å². The Labute approximate surface area is 208 Å².